The molecule has 0 unspecified atom stereocenters. The number of nitrogens with one attached hydrogen (secondary N) is 1. The molecular formula is C28H34FN2O5+. The molecule has 0 atom stereocenters. The number of aryl methyl sites for hydroxylation is 1. The molecule has 0 aromatic heterocycles. The molecule has 1 amide bonds. The van der Waals surface area contributed by atoms with Crippen LogP contribution in [0.25, 0.3) is 0 Å². The van der Waals surface area contributed by atoms with Gasteiger partial charge in [-0.05, 0) is 55.9 Å². The molecular weight excluding hydrogens is 463 g/mol. The van der Waals surface area contributed by atoms with Crippen molar-refractivity contribution in [3.8, 4) is 0 Å². The standard InChI is InChI=1S/C28H33FN2O5/c1-20-16-22(29)17-23(26(33)35-2)25(20)30-27(34)28(12-13-28)31(14-8-3-4-9-15-31)18-24(32)36-19-21-10-6-5-7-11-21/h5-7,10-11,16-17H,3-4,8-9,12-15,18-19H2,1-2H3/p+1. The Labute approximate surface area is 211 Å². The summed E-state index contributed by atoms with van der Waals surface area (Å²) in [5.41, 5.74) is 0.783. The first-order chi connectivity index (χ1) is 17.3. The summed E-state index contributed by atoms with van der Waals surface area (Å²) in [5, 5.41) is 2.92. The number of hydrogen-bond acceptors (Lipinski definition) is 5. The van der Waals surface area contributed by atoms with Crippen molar-refractivity contribution in [2.24, 2.45) is 0 Å². The van der Waals surface area contributed by atoms with Crippen LogP contribution in [0.1, 0.15) is 60.0 Å². The predicted molar refractivity (Wildman–Crippen MR) is 133 cm³/mol. The van der Waals surface area contributed by atoms with E-state index in [0.29, 0.717) is 36.0 Å². The van der Waals surface area contributed by atoms with E-state index in [9.17, 15) is 18.8 Å². The number of carbonyl (C=O) groups is 3. The van der Waals surface area contributed by atoms with E-state index >= 15 is 0 Å². The second-order valence-electron chi connectivity index (χ2n) is 9.93. The fourth-order valence-corrected chi connectivity index (χ4v) is 5.51. The van der Waals surface area contributed by atoms with Gasteiger partial charge in [-0.2, -0.15) is 0 Å². The maximum Gasteiger partial charge on any atom is 0.362 e. The zero-order valence-corrected chi connectivity index (χ0v) is 21.0. The normalized spacial score (nSPS) is 18.0. The molecule has 0 bridgehead atoms. The fraction of sp³-hybridized carbons (Fsp3) is 0.464. The summed E-state index contributed by atoms with van der Waals surface area (Å²) in [4.78, 5) is 39.2. The van der Waals surface area contributed by atoms with Gasteiger partial charge in [-0.1, -0.05) is 30.3 Å². The van der Waals surface area contributed by atoms with Crippen LogP contribution < -0.4 is 5.32 Å². The summed E-state index contributed by atoms with van der Waals surface area (Å²) in [6.07, 6.45) is 5.23. The summed E-state index contributed by atoms with van der Waals surface area (Å²) in [5.74, 6) is -1.88. The minimum absolute atomic E-state index is 0.0242. The van der Waals surface area contributed by atoms with Crippen molar-refractivity contribution in [3.63, 3.8) is 0 Å². The van der Waals surface area contributed by atoms with Crippen LogP contribution >= 0.6 is 0 Å². The smallest absolute Gasteiger partial charge is 0.362 e. The topological polar surface area (TPSA) is 81.7 Å². The third-order valence-corrected chi connectivity index (χ3v) is 7.60. The van der Waals surface area contributed by atoms with Crippen molar-refractivity contribution in [2.75, 3.05) is 32.1 Å². The lowest BCUT2D eigenvalue weighted by Gasteiger charge is -2.43. The van der Waals surface area contributed by atoms with Crippen molar-refractivity contribution in [1.82, 2.24) is 0 Å². The largest absolute Gasteiger partial charge is 0.465 e. The van der Waals surface area contributed by atoms with Gasteiger partial charge in [0.15, 0.2) is 12.1 Å². The number of rotatable bonds is 8. The van der Waals surface area contributed by atoms with Gasteiger partial charge in [0.2, 0.25) is 0 Å². The van der Waals surface area contributed by atoms with Gasteiger partial charge in [0.05, 0.1) is 31.5 Å². The number of carbonyl (C=O) groups excluding carboxylic acids is 3. The van der Waals surface area contributed by atoms with E-state index in [1.807, 2.05) is 30.3 Å². The van der Waals surface area contributed by atoms with E-state index in [1.54, 1.807) is 6.92 Å². The molecule has 2 aromatic carbocycles. The number of quaternary nitrogens is 1. The van der Waals surface area contributed by atoms with Gasteiger partial charge in [0.1, 0.15) is 12.4 Å². The first-order valence-electron chi connectivity index (χ1n) is 12.6. The van der Waals surface area contributed by atoms with Crippen molar-refractivity contribution < 1.29 is 32.7 Å². The highest BCUT2D eigenvalue weighted by molar-refractivity contribution is 6.05. The van der Waals surface area contributed by atoms with Gasteiger partial charge in [-0.3, -0.25) is 4.79 Å². The van der Waals surface area contributed by atoms with E-state index in [2.05, 4.69) is 5.32 Å². The summed E-state index contributed by atoms with van der Waals surface area (Å²) in [6.45, 7) is 3.37. The Morgan fingerprint density at radius 1 is 1.03 bits per heavy atom. The van der Waals surface area contributed by atoms with Crippen LogP contribution in [0, 0.1) is 12.7 Å². The molecule has 2 aromatic rings. The second kappa shape index (κ2) is 10.8. The van der Waals surface area contributed by atoms with Crippen molar-refractivity contribution in [1.29, 1.82) is 0 Å². The lowest BCUT2D eigenvalue weighted by atomic mass is 10.0. The minimum Gasteiger partial charge on any atom is -0.465 e. The van der Waals surface area contributed by atoms with Crippen LogP contribution in [-0.4, -0.2) is 54.6 Å². The lowest BCUT2D eigenvalue weighted by molar-refractivity contribution is -0.945. The average molecular weight is 498 g/mol. The maximum atomic E-state index is 14.0. The first kappa shape index (κ1) is 25.8. The summed E-state index contributed by atoms with van der Waals surface area (Å²) in [6, 6.07) is 11.9. The Bertz CT molecular complexity index is 1120. The number of benzene rings is 2. The zero-order valence-electron chi connectivity index (χ0n) is 21.0. The van der Waals surface area contributed by atoms with Gasteiger partial charge in [0.25, 0.3) is 5.91 Å². The molecule has 2 aliphatic rings. The SMILES string of the molecule is COC(=O)c1cc(F)cc(C)c1NC(=O)C1([N+]2(CC(=O)OCc3ccccc3)CCCCCC2)CC1. The molecule has 1 saturated carbocycles. The van der Waals surface area contributed by atoms with Crippen molar-refractivity contribution in [3.05, 3.63) is 65.0 Å². The van der Waals surface area contributed by atoms with Gasteiger partial charge < -0.3 is 19.3 Å². The van der Waals surface area contributed by atoms with Crippen molar-refractivity contribution >= 4 is 23.5 Å². The molecule has 1 saturated heterocycles. The third-order valence-electron chi connectivity index (χ3n) is 7.60. The molecule has 192 valence electrons. The molecule has 36 heavy (non-hydrogen) atoms. The number of ether oxygens (including phenoxy) is 2. The highest BCUT2D eigenvalue weighted by Gasteiger charge is 2.66. The molecule has 4 rings (SSSR count). The van der Waals surface area contributed by atoms with E-state index in [1.165, 1.54) is 13.2 Å². The van der Waals surface area contributed by atoms with Gasteiger partial charge >= 0.3 is 11.9 Å². The number of likely N-dealkylation sites (tertiary alicyclic amines) is 1. The quantitative estimate of drug-likeness (QED) is 0.428. The number of hydrogen-bond donors (Lipinski definition) is 1. The summed E-state index contributed by atoms with van der Waals surface area (Å²) < 4.78 is 24.8. The van der Waals surface area contributed by atoms with Crippen LogP contribution in [0.4, 0.5) is 10.1 Å². The molecule has 1 heterocycles. The highest BCUT2D eigenvalue weighted by Crippen LogP contribution is 2.49. The average Bonchev–Trinajstić information content (AvgIpc) is 3.70. The number of halogens is 1. The predicted octanol–water partition coefficient (Wildman–Crippen LogP) is 4.53. The Balaban J connectivity index is 1.58. The number of methoxy groups -OCH3 is 1. The Hall–Kier alpha value is -3.26. The maximum absolute atomic E-state index is 14.0. The van der Waals surface area contributed by atoms with Crippen molar-refractivity contribution in [2.45, 2.75) is 57.6 Å². The molecule has 8 heteroatoms. The number of nitrogens with zero attached hydrogens (tertiary/aromatic N) is 1. The molecule has 1 aliphatic heterocycles. The molecule has 1 N–H and O–H groups in total. The van der Waals surface area contributed by atoms with Gasteiger partial charge in [-0.15, -0.1) is 0 Å². The van der Waals surface area contributed by atoms with Crippen LogP contribution in [0.3, 0.4) is 0 Å². The lowest BCUT2D eigenvalue weighted by Crippen LogP contribution is -2.64. The Morgan fingerprint density at radius 2 is 1.69 bits per heavy atom. The van der Waals surface area contributed by atoms with Crippen LogP contribution in [0.5, 0.6) is 0 Å². The Kier molecular flexibility index (Phi) is 7.73. The summed E-state index contributed by atoms with van der Waals surface area (Å²) in [7, 11) is 1.22. The number of esters is 2. The van der Waals surface area contributed by atoms with E-state index < -0.39 is 17.3 Å². The fourth-order valence-electron chi connectivity index (χ4n) is 5.51. The third kappa shape index (κ3) is 5.28. The number of anilines is 1. The molecule has 7 nitrogen and oxygen atoms in total. The molecule has 1 aliphatic carbocycles. The highest BCUT2D eigenvalue weighted by atomic mass is 19.1. The second-order valence-corrected chi connectivity index (χ2v) is 9.93. The van der Waals surface area contributed by atoms with Crippen LogP contribution in [0.15, 0.2) is 42.5 Å². The molecule has 0 radical (unpaired) electrons. The molecule has 0 spiro atoms. The van der Waals surface area contributed by atoms with E-state index in [-0.39, 0.29) is 36.3 Å². The minimum atomic E-state index is -0.787. The van der Waals surface area contributed by atoms with Crippen LogP contribution in [0.2, 0.25) is 0 Å². The number of amides is 1. The van der Waals surface area contributed by atoms with Gasteiger partial charge in [-0.25, -0.2) is 14.0 Å². The van der Waals surface area contributed by atoms with Crippen LogP contribution in [-0.2, 0) is 25.7 Å². The first-order valence-corrected chi connectivity index (χ1v) is 12.6. The van der Waals surface area contributed by atoms with Gasteiger partial charge in [0, 0.05) is 12.8 Å². The van der Waals surface area contributed by atoms with E-state index in [0.717, 1.165) is 37.3 Å². The Morgan fingerprint density at radius 3 is 2.31 bits per heavy atom. The summed E-state index contributed by atoms with van der Waals surface area (Å²) >= 11 is 0. The van der Waals surface area contributed by atoms with E-state index in [4.69, 9.17) is 9.47 Å². The zero-order chi connectivity index (χ0) is 25.8. The molecule has 2 fully saturated rings. The monoisotopic (exact) mass is 497 g/mol.